The van der Waals surface area contributed by atoms with Gasteiger partial charge in [-0.1, -0.05) is 48.5 Å². The number of nitrogens with one attached hydrogen (secondary N) is 1. The maximum atomic E-state index is 12.3. The number of carbonyl (C=O) groups is 3. The van der Waals surface area contributed by atoms with Crippen molar-refractivity contribution in [3.05, 3.63) is 71.8 Å². The molecule has 1 aliphatic rings. The Hall–Kier alpha value is -3.35. The topological polar surface area (TPSA) is 79.0 Å². The van der Waals surface area contributed by atoms with Crippen LogP contribution in [0, 0.1) is 0 Å². The first-order chi connectivity index (χ1) is 13.6. The van der Waals surface area contributed by atoms with Crippen molar-refractivity contribution in [2.45, 2.75) is 6.61 Å². The first kappa shape index (κ1) is 19.4. The molecule has 1 saturated heterocycles. The van der Waals surface area contributed by atoms with Gasteiger partial charge in [0.05, 0.1) is 6.54 Å². The zero-order valence-corrected chi connectivity index (χ0v) is 15.5. The second-order valence-electron chi connectivity index (χ2n) is 6.46. The molecule has 7 heteroatoms. The summed E-state index contributed by atoms with van der Waals surface area (Å²) in [4.78, 5) is 39.7. The van der Waals surface area contributed by atoms with E-state index >= 15 is 0 Å². The minimum absolute atomic E-state index is 0.0633. The summed E-state index contributed by atoms with van der Waals surface area (Å²) in [5, 5.41) is 2.63. The Morgan fingerprint density at radius 2 is 1.39 bits per heavy atom. The summed E-state index contributed by atoms with van der Waals surface area (Å²) >= 11 is 0. The van der Waals surface area contributed by atoms with E-state index in [0.717, 1.165) is 5.56 Å². The van der Waals surface area contributed by atoms with Gasteiger partial charge in [-0.15, -0.1) is 0 Å². The van der Waals surface area contributed by atoms with Gasteiger partial charge in [0.15, 0.2) is 0 Å². The summed E-state index contributed by atoms with van der Waals surface area (Å²) in [5.74, 6) is -0.446. The van der Waals surface area contributed by atoms with Crippen LogP contribution in [0.5, 0.6) is 0 Å². The van der Waals surface area contributed by atoms with Crippen LogP contribution in [0.15, 0.2) is 60.7 Å². The minimum Gasteiger partial charge on any atom is -0.445 e. The molecule has 0 aromatic heterocycles. The summed E-state index contributed by atoms with van der Waals surface area (Å²) in [5.41, 5.74) is 1.44. The summed E-state index contributed by atoms with van der Waals surface area (Å²) in [6.45, 7) is 1.81. The predicted molar refractivity (Wildman–Crippen MR) is 104 cm³/mol. The molecule has 28 heavy (non-hydrogen) atoms. The van der Waals surface area contributed by atoms with Crippen molar-refractivity contribution >= 4 is 17.9 Å². The zero-order valence-electron chi connectivity index (χ0n) is 15.5. The van der Waals surface area contributed by atoms with Gasteiger partial charge < -0.3 is 19.9 Å². The van der Waals surface area contributed by atoms with Crippen molar-refractivity contribution in [3.8, 4) is 0 Å². The van der Waals surface area contributed by atoms with Crippen LogP contribution in [0.1, 0.15) is 15.9 Å². The average Bonchev–Trinajstić information content (AvgIpc) is 2.77. The molecule has 0 unspecified atom stereocenters. The fourth-order valence-corrected chi connectivity index (χ4v) is 2.91. The molecular formula is C21H23N3O4. The molecule has 1 heterocycles. The van der Waals surface area contributed by atoms with Crippen molar-refractivity contribution < 1.29 is 19.1 Å². The minimum atomic E-state index is -0.381. The van der Waals surface area contributed by atoms with E-state index in [9.17, 15) is 14.4 Å². The number of hydrogen-bond acceptors (Lipinski definition) is 4. The number of hydrogen-bond donors (Lipinski definition) is 1. The molecule has 7 nitrogen and oxygen atoms in total. The third-order valence-corrected chi connectivity index (χ3v) is 4.53. The number of nitrogens with zero attached hydrogens (tertiary/aromatic N) is 2. The highest BCUT2D eigenvalue weighted by molar-refractivity contribution is 5.96. The van der Waals surface area contributed by atoms with E-state index in [-0.39, 0.29) is 31.1 Å². The first-order valence-corrected chi connectivity index (χ1v) is 9.20. The lowest BCUT2D eigenvalue weighted by atomic mass is 10.2. The SMILES string of the molecule is O=C(NCC(=O)N1CCN(C(=O)OCc2ccccc2)CC1)c1ccccc1. The van der Waals surface area contributed by atoms with Gasteiger partial charge in [0.2, 0.25) is 5.91 Å². The Morgan fingerprint density at radius 3 is 2.04 bits per heavy atom. The zero-order chi connectivity index (χ0) is 19.8. The van der Waals surface area contributed by atoms with Crippen molar-refractivity contribution in [3.63, 3.8) is 0 Å². The van der Waals surface area contributed by atoms with Gasteiger partial charge >= 0.3 is 6.09 Å². The van der Waals surface area contributed by atoms with E-state index in [1.165, 1.54) is 0 Å². The maximum Gasteiger partial charge on any atom is 0.410 e. The molecule has 0 atom stereocenters. The smallest absolute Gasteiger partial charge is 0.410 e. The summed E-state index contributed by atoms with van der Waals surface area (Å²) in [6.07, 6.45) is -0.381. The number of rotatable bonds is 5. The molecule has 146 valence electrons. The number of amides is 3. The van der Waals surface area contributed by atoms with Crippen LogP contribution in [0.2, 0.25) is 0 Å². The van der Waals surface area contributed by atoms with Crippen LogP contribution in [0.25, 0.3) is 0 Å². The van der Waals surface area contributed by atoms with Crippen molar-refractivity contribution in [2.75, 3.05) is 32.7 Å². The van der Waals surface area contributed by atoms with Crippen LogP contribution in [0.4, 0.5) is 4.79 Å². The molecular weight excluding hydrogens is 358 g/mol. The molecule has 1 aliphatic heterocycles. The molecule has 3 amide bonds. The number of piperazine rings is 1. The van der Waals surface area contributed by atoms with Gasteiger partial charge in [-0.3, -0.25) is 9.59 Å². The predicted octanol–water partition coefficient (Wildman–Crippen LogP) is 1.90. The van der Waals surface area contributed by atoms with Crippen LogP contribution in [-0.2, 0) is 16.1 Å². The fourth-order valence-electron chi connectivity index (χ4n) is 2.91. The van der Waals surface area contributed by atoms with Gasteiger partial charge in [-0.25, -0.2) is 4.79 Å². The van der Waals surface area contributed by atoms with Crippen molar-refractivity contribution in [2.24, 2.45) is 0 Å². The Kier molecular flexibility index (Phi) is 6.62. The number of ether oxygens (including phenoxy) is 1. The molecule has 2 aromatic carbocycles. The standard InChI is InChI=1S/C21H23N3O4/c25-19(15-22-20(26)18-9-5-2-6-10-18)23-11-13-24(14-12-23)21(27)28-16-17-7-3-1-4-8-17/h1-10H,11-16H2,(H,22,26). The molecule has 0 bridgehead atoms. The Bertz CT molecular complexity index is 803. The van der Waals surface area contributed by atoms with Crippen LogP contribution >= 0.6 is 0 Å². The number of benzene rings is 2. The Labute approximate surface area is 163 Å². The van der Waals surface area contributed by atoms with E-state index in [1.807, 2.05) is 36.4 Å². The second kappa shape index (κ2) is 9.55. The van der Waals surface area contributed by atoms with Gasteiger partial charge in [0, 0.05) is 31.7 Å². The monoisotopic (exact) mass is 381 g/mol. The largest absolute Gasteiger partial charge is 0.445 e. The lowest BCUT2D eigenvalue weighted by molar-refractivity contribution is -0.131. The van der Waals surface area contributed by atoms with E-state index in [1.54, 1.807) is 34.1 Å². The number of carbonyl (C=O) groups excluding carboxylic acids is 3. The van der Waals surface area contributed by atoms with Crippen LogP contribution < -0.4 is 5.32 Å². The van der Waals surface area contributed by atoms with Crippen LogP contribution in [0.3, 0.4) is 0 Å². The van der Waals surface area contributed by atoms with Gasteiger partial charge in [0.1, 0.15) is 6.61 Å². The maximum absolute atomic E-state index is 12.3. The summed E-state index contributed by atoms with van der Waals surface area (Å²) < 4.78 is 5.32. The second-order valence-corrected chi connectivity index (χ2v) is 6.46. The first-order valence-electron chi connectivity index (χ1n) is 9.20. The van der Waals surface area contributed by atoms with Crippen LogP contribution in [-0.4, -0.2) is 60.4 Å². The Morgan fingerprint density at radius 1 is 0.821 bits per heavy atom. The van der Waals surface area contributed by atoms with Gasteiger partial charge in [0.25, 0.3) is 5.91 Å². The average molecular weight is 381 g/mol. The summed E-state index contributed by atoms with van der Waals surface area (Å²) in [6, 6.07) is 18.2. The molecule has 0 spiro atoms. The molecule has 0 saturated carbocycles. The van der Waals surface area contributed by atoms with Crippen molar-refractivity contribution in [1.82, 2.24) is 15.1 Å². The van der Waals surface area contributed by atoms with E-state index in [4.69, 9.17) is 4.74 Å². The molecule has 0 aliphatic carbocycles. The third kappa shape index (κ3) is 5.33. The van der Waals surface area contributed by atoms with Crippen molar-refractivity contribution in [1.29, 1.82) is 0 Å². The molecule has 2 aromatic rings. The lowest BCUT2D eigenvalue weighted by Crippen LogP contribution is -2.52. The normalized spacial score (nSPS) is 13.7. The summed E-state index contributed by atoms with van der Waals surface area (Å²) in [7, 11) is 0. The highest BCUT2D eigenvalue weighted by Gasteiger charge is 2.25. The third-order valence-electron chi connectivity index (χ3n) is 4.53. The molecule has 3 rings (SSSR count). The lowest BCUT2D eigenvalue weighted by Gasteiger charge is -2.34. The van der Waals surface area contributed by atoms with E-state index in [2.05, 4.69) is 5.32 Å². The molecule has 0 radical (unpaired) electrons. The van der Waals surface area contributed by atoms with E-state index < -0.39 is 0 Å². The fraction of sp³-hybridized carbons (Fsp3) is 0.286. The van der Waals surface area contributed by atoms with E-state index in [0.29, 0.717) is 31.7 Å². The highest BCUT2D eigenvalue weighted by atomic mass is 16.6. The Balaban J connectivity index is 1.39. The highest BCUT2D eigenvalue weighted by Crippen LogP contribution is 2.07. The van der Waals surface area contributed by atoms with Gasteiger partial charge in [-0.05, 0) is 17.7 Å². The quantitative estimate of drug-likeness (QED) is 0.858. The molecule has 1 N–H and O–H groups in total. The van der Waals surface area contributed by atoms with Gasteiger partial charge in [-0.2, -0.15) is 0 Å². The molecule has 1 fully saturated rings.